The summed E-state index contributed by atoms with van der Waals surface area (Å²) in [4.78, 5) is 13.1. The first kappa shape index (κ1) is 11.1. The van der Waals surface area contributed by atoms with Crippen LogP contribution in [-0.4, -0.2) is 18.9 Å². The van der Waals surface area contributed by atoms with E-state index >= 15 is 0 Å². The number of aldehydes is 1. The minimum atomic E-state index is -0.422. The number of anilines is 1. The number of hydrogen-bond acceptors (Lipinski definition) is 2. The molecule has 1 heterocycles. The molecule has 3 heteroatoms. The van der Waals surface area contributed by atoms with Crippen molar-refractivity contribution in [2.45, 2.75) is 32.2 Å². The molecule has 0 radical (unpaired) electrons. The van der Waals surface area contributed by atoms with Gasteiger partial charge in [0.05, 0.1) is 11.3 Å². The molecule has 1 fully saturated rings. The molecular formula is C13H16FNO. The topological polar surface area (TPSA) is 20.3 Å². The Kier molecular flexibility index (Phi) is 3.22. The molecule has 1 atom stereocenters. The molecule has 2 nitrogen and oxygen atoms in total. The van der Waals surface area contributed by atoms with Crippen LogP contribution in [0.3, 0.4) is 0 Å². The second-order valence-electron chi connectivity index (χ2n) is 4.19. The quantitative estimate of drug-likeness (QED) is 0.731. The number of nitrogens with zero attached hydrogens (tertiary/aromatic N) is 1. The van der Waals surface area contributed by atoms with Crippen molar-refractivity contribution >= 4 is 12.0 Å². The standard InChI is InChI=1S/C13H16FNO/c1-2-10-5-4-8-15(10)13-7-3-6-12(14)11(13)9-16/h3,6-7,9-10H,2,4-5,8H2,1H3. The fourth-order valence-electron chi connectivity index (χ4n) is 2.47. The van der Waals surface area contributed by atoms with Crippen LogP contribution in [0.15, 0.2) is 18.2 Å². The van der Waals surface area contributed by atoms with Gasteiger partial charge in [-0.05, 0) is 31.4 Å². The summed E-state index contributed by atoms with van der Waals surface area (Å²) in [5.41, 5.74) is 0.946. The van der Waals surface area contributed by atoms with Gasteiger partial charge in [0.1, 0.15) is 5.82 Å². The Morgan fingerprint density at radius 2 is 2.38 bits per heavy atom. The van der Waals surface area contributed by atoms with Crippen molar-refractivity contribution in [3.8, 4) is 0 Å². The molecule has 1 aromatic rings. The molecule has 0 spiro atoms. The van der Waals surface area contributed by atoms with Gasteiger partial charge in [-0.3, -0.25) is 4.79 Å². The number of halogens is 1. The molecule has 0 aromatic heterocycles. The maximum Gasteiger partial charge on any atom is 0.155 e. The van der Waals surface area contributed by atoms with Gasteiger partial charge in [0.2, 0.25) is 0 Å². The molecular weight excluding hydrogens is 205 g/mol. The number of carbonyl (C=O) groups is 1. The Balaban J connectivity index is 2.39. The van der Waals surface area contributed by atoms with Crippen molar-refractivity contribution in [1.29, 1.82) is 0 Å². The lowest BCUT2D eigenvalue weighted by atomic mass is 10.1. The smallest absolute Gasteiger partial charge is 0.155 e. The van der Waals surface area contributed by atoms with Gasteiger partial charge in [-0.25, -0.2) is 4.39 Å². The van der Waals surface area contributed by atoms with Crippen LogP contribution in [0, 0.1) is 5.82 Å². The first-order chi connectivity index (χ1) is 7.77. The minimum Gasteiger partial charge on any atom is -0.368 e. The number of benzene rings is 1. The van der Waals surface area contributed by atoms with Crippen LogP contribution in [0.1, 0.15) is 36.5 Å². The van der Waals surface area contributed by atoms with E-state index in [4.69, 9.17) is 0 Å². The van der Waals surface area contributed by atoms with E-state index in [9.17, 15) is 9.18 Å². The van der Waals surface area contributed by atoms with E-state index in [2.05, 4.69) is 11.8 Å². The summed E-state index contributed by atoms with van der Waals surface area (Å²) in [5.74, 6) is -0.422. The van der Waals surface area contributed by atoms with Crippen LogP contribution >= 0.6 is 0 Å². The summed E-state index contributed by atoms with van der Waals surface area (Å²) < 4.78 is 13.5. The summed E-state index contributed by atoms with van der Waals surface area (Å²) in [6, 6.07) is 5.29. The zero-order chi connectivity index (χ0) is 11.5. The van der Waals surface area contributed by atoms with Gasteiger partial charge in [-0.2, -0.15) is 0 Å². The highest BCUT2D eigenvalue weighted by Gasteiger charge is 2.25. The van der Waals surface area contributed by atoms with Crippen molar-refractivity contribution in [2.75, 3.05) is 11.4 Å². The highest BCUT2D eigenvalue weighted by atomic mass is 19.1. The van der Waals surface area contributed by atoms with Crippen LogP contribution in [-0.2, 0) is 0 Å². The van der Waals surface area contributed by atoms with E-state index in [0.29, 0.717) is 12.3 Å². The number of hydrogen-bond donors (Lipinski definition) is 0. The van der Waals surface area contributed by atoms with Gasteiger partial charge in [-0.1, -0.05) is 13.0 Å². The van der Waals surface area contributed by atoms with Crippen molar-refractivity contribution in [2.24, 2.45) is 0 Å². The molecule has 86 valence electrons. The molecule has 0 bridgehead atoms. The second kappa shape index (κ2) is 4.64. The maximum atomic E-state index is 13.5. The number of rotatable bonds is 3. The molecule has 1 saturated heterocycles. The molecule has 0 amide bonds. The third-order valence-corrected chi connectivity index (χ3v) is 3.31. The fourth-order valence-corrected chi connectivity index (χ4v) is 2.47. The highest BCUT2D eigenvalue weighted by molar-refractivity contribution is 5.85. The normalized spacial score (nSPS) is 20.1. The molecule has 16 heavy (non-hydrogen) atoms. The van der Waals surface area contributed by atoms with Crippen LogP contribution in [0.4, 0.5) is 10.1 Å². The predicted molar refractivity (Wildman–Crippen MR) is 62.4 cm³/mol. The van der Waals surface area contributed by atoms with Crippen LogP contribution < -0.4 is 4.90 Å². The Bertz CT molecular complexity index is 392. The summed E-state index contributed by atoms with van der Waals surface area (Å²) in [6.45, 7) is 3.05. The van der Waals surface area contributed by atoms with Crippen molar-refractivity contribution in [1.82, 2.24) is 0 Å². The Labute approximate surface area is 95.1 Å². The monoisotopic (exact) mass is 221 g/mol. The summed E-state index contributed by atoms with van der Waals surface area (Å²) >= 11 is 0. The zero-order valence-corrected chi connectivity index (χ0v) is 9.45. The summed E-state index contributed by atoms with van der Waals surface area (Å²) in [6.07, 6.45) is 3.91. The summed E-state index contributed by atoms with van der Waals surface area (Å²) in [7, 11) is 0. The summed E-state index contributed by atoms with van der Waals surface area (Å²) in [5, 5.41) is 0. The van der Waals surface area contributed by atoms with Crippen molar-refractivity contribution < 1.29 is 9.18 Å². The molecule has 1 aliphatic rings. The maximum absolute atomic E-state index is 13.5. The average molecular weight is 221 g/mol. The van der Waals surface area contributed by atoms with E-state index in [1.165, 1.54) is 6.07 Å². The van der Waals surface area contributed by atoms with Gasteiger partial charge in [0, 0.05) is 12.6 Å². The van der Waals surface area contributed by atoms with E-state index in [1.54, 1.807) is 6.07 Å². The van der Waals surface area contributed by atoms with Gasteiger partial charge in [-0.15, -0.1) is 0 Å². The van der Waals surface area contributed by atoms with Gasteiger partial charge in [0.15, 0.2) is 6.29 Å². The van der Waals surface area contributed by atoms with Crippen LogP contribution in [0.2, 0.25) is 0 Å². The molecule has 2 rings (SSSR count). The highest BCUT2D eigenvalue weighted by Crippen LogP contribution is 2.30. The van der Waals surface area contributed by atoms with Crippen molar-refractivity contribution in [3.05, 3.63) is 29.6 Å². The predicted octanol–water partition coefficient (Wildman–Crippen LogP) is 3.02. The first-order valence-corrected chi connectivity index (χ1v) is 5.78. The zero-order valence-electron chi connectivity index (χ0n) is 9.45. The van der Waals surface area contributed by atoms with Crippen LogP contribution in [0.25, 0.3) is 0 Å². The molecule has 1 unspecified atom stereocenters. The lowest BCUT2D eigenvalue weighted by molar-refractivity contribution is 0.112. The van der Waals surface area contributed by atoms with Crippen LogP contribution in [0.5, 0.6) is 0 Å². The van der Waals surface area contributed by atoms with Gasteiger partial charge < -0.3 is 4.90 Å². The Morgan fingerprint density at radius 3 is 3.06 bits per heavy atom. The van der Waals surface area contributed by atoms with Gasteiger partial charge >= 0.3 is 0 Å². The largest absolute Gasteiger partial charge is 0.368 e. The fraction of sp³-hybridized carbons (Fsp3) is 0.462. The molecule has 1 aliphatic heterocycles. The Morgan fingerprint density at radius 1 is 1.56 bits per heavy atom. The SMILES string of the molecule is CCC1CCCN1c1cccc(F)c1C=O. The molecule has 0 N–H and O–H groups in total. The third-order valence-electron chi connectivity index (χ3n) is 3.31. The van der Waals surface area contributed by atoms with E-state index in [0.717, 1.165) is 31.5 Å². The van der Waals surface area contributed by atoms with E-state index in [-0.39, 0.29) is 5.56 Å². The van der Waals surface area contributed by atoms with E-state index < -0.39 is 5.82 Å². The lowest BCUT2D eigenvalue weighted by Gasteiger charge is -2.27. The second-order valence-corrected chi connectivity index (χ2v) is 4.19. The first-order valence-electron chi connectivity index (χ1n) is 5.78. The van der Waals surface area contributed by atoms with Crippen molar-refractivity contribution in [3.63, 3.8) is 0 Å². The average Bonchev–Trinajstić information content (AvgIpc) is 2.76. The third kappa shape index (κ3) is 1.82. The lowest BCUT2D eigenvalue weighted by Crippen LogP contribution is -2.29. The molecule has 0 saturated carbocycles. The Hall–Kier alpha value is -1.38. The minimum absolute atomic E-state index is 0.197. The molecule has 0 aliphatic carbocycles. The van der Waals surface area contributed by atoms with Gasteiger partial charge in [0.25, 0.3) is 0 Å². The van der Waals surface area contributed by atoms with E-state index in [1.807, 2.05) is 6.07 Å². The molecule has 1 aromatic carbocycles. The number of carbonyl (C=O) groups excluding carboxylic acids is 1.